The number of hydrogen-bond acceptors (Lipinski definition) is 2. The minimum absolute atomic E-state index is 0.410. The molecular weight excluding hydrogens is 757 g/mol. The van der Waals surface area contributed by atoms with E-state index in [0.717, 1.165) is 98.6 Å². The second-order valence-electron chi connectivity index (χ2n) is 15.7. The first kappa shape index (κ1) is 35.1. The van der Waals surface area contributed by atoms with Crippen molar-refractivity contribution in [1.82, 2.24) is 18.3 Å². The molecule has 0 atom stereocenters. The van der Waals surface area contributed by atoms with E-state index in [1.54, 1.807) is 12.1 Å². The van der Waals surface area contributed by atoms with Gasteiger partial charge in [-0.1, -0.05) is 110 Å². The Hall–Kier alpha value is -8.84. The molecular formula is C56H34N6. The van der Waals surface area contributed by atoms with Gasteiger partial charge >= 0.3 is 0 Å². The lowest BCUT2D eigenvalue weighted by atomic mass is 10.1. The van der Waals surface area contributed by atoms with Gasteiger partial charge in [-0.05, 0) is 84.9 Å². The van der Waals surface area contributed by atoms with Crippen molar-refractivity contribution in [2.45, 2.75) is 0 Å². The molecule has 4 heterocycles. The Kier molecular flexibility index (Phi) is 7.56. The first-order valence-corrected chi connectivity index (χ1v) is 20.5. The number of aromatic nitrogens is 4. The summed E-state index contributed by atoms with van der Waals surface area (Å²) in [5, 5.41) is 30.5. The Labute approximate surface area is 355 Å². The molecule has 12 aromatic rings. The third-order valence-electron chi connectivity index (χ3n) is 12.5. The van der Waals surface area contributed by atoms with Crippen LogP contribution in [0.4, 0.5) is 0 Å². The van der Waals surface area contributed by atoms with Crippen molar-refractivity contribution in [3.63, 3.8) is 0 Å². The largest absolute Gasteiger partial charge is 0.309 e. The van der Waals surface area contributed by atoms with Crippen LogP contribution in [-0.2, 0) is 0 Å². The van der Waals surface area contributed by atoms with Crippen LogP contribution < -0.4 is 0 Å². The number of allylic oxidation sites excluding steroid dienone is 4. The summed E-state index contributed by atoms with van der Waals surface area (Å²) in [6.07, 6.45) is 5.63. The van der Waals surface area contributed by atoms with Crippen molar-refractivity contribution in [2.75, 3.05) is 0 Å². The molecule has 6 heteroatoms. The van der Waals surface area contributed by atoms with Crippen molar-refractivity contribution in [3.05, 3.63) is 206 Å². The standard InChI is InChI=1S/C56H34N6/c1-3-16-37(4-2)59-47-23-12-8-19-39(47)43-30-55-45(28-53(43)59)41-21-10-14-25-49(41)61(55)51-32-52(36(34-58)27-35(51)33-57)62-50-26-15-11-22-42(50)46-29-54-44(31-56(46)62)40-20-9-13-24-48(40)60(54)38-17-6-5-7-18-38/h3-32H,1-2H2/b37-16+. The number of nitrogens with zero attached hydrogens (tertiary/aromatic N) is 6. The third kappa shape index (κ3) is 4.78. The van der Waals surface area contributed by atoms with Crippen molar-refractivity contribution in [2.24, 2.45) is 0 Å². The molecule has 62 heavy (non-hydrogen) atoms. The van der Waals surface area contributed by atoms with Crippen LogP contribution in [-0.4, -0.2) is 18.3 Å². The van der Waals surface area contributed by atoms with E-state index in [-0.39, 0.29) is 0 Å². The lowest BCUT2D eigenvalue weighted by Gasteiger charge is -2.16. The number of benzene rings is 8. The highest BCUT2D eigenvalue weighted by Crippen LogP contribution is 2.43. The molecule has 0 fully saturated rings. The van der Waals surface area contributed by atoms with Gasteiger partial charge in [0.2, 0.25) is 0 Å². The maximum Gasteiger partial charge on any atom is 0.101 e. The SMILES string of the molecule is C=C/C=C(\C=C)n1c2ccccc2c2cc3c(cc21)c1ccccc1n3-c1cc(-n2c3ccccc3c3cc4c(cc32)c2ccccc2n4-c2ccccc2)c(C#N)cc1C#N. The Balaban J connectivity index is 1.19. The second kappa shape index (κ2) is 13.3. The smallest absolute Gasteiger partial charge is 0.101 e. The molecule has 0 aliphatic heterocycles. The zero-order chi connectivity index (χ0) is 41.6. The maximum absolute atomic E-state index is 10.9. The molecule has 12 rings (SSSR count). The molecule has 0 bridgehead atoms. The van der Waals surface area contributed by atoms with Gasteiger partial charge in [0, 0.05) is 54.5 Å². The van der Waals surface area contributed by atoms with E-state index < -0.39 is 0 Å². The molecule has 8 aromatic carbocycles. The predicted octanol–water partition coefficient (Wildman–Crippen LogP) is 14.0. The van der Waals surface area contributed by atoms with Gasteiger partial charge in [-0.2, -0.15) is 10.5 Å². The van der Waals surface area contributed by atoms with Gasteiger partial charge in [-0.25, -0.2) is 0 Å². The zero-order valence-corrected chi connectivity index (χ0v) is 33.4. The van der Waals surface area contributed by atoms with Crippen molar-refractivity contribution < 1.29 is 0 Å². The molecule has 0 saturated carbocycles. The summed E-state index contributed by atoms with van der Waals surface area (Å²) in [6.45, 7) is 8.13. The lowest BCUT2D eigenvalue weighted by molar-refractivity contribution is 1.12. The van der Waals surface area contributed by atoms with E-state index in [1.807, 2.05) is 36.4 Å². The number of hydrogen-bond donors (Lipinski definition) is 0. The summed E-state index contributed by atoms with van der Waals surface area (Å²) in [5.74, 6) is 0. The van der Waals surface area contributed by atoms with Crippen LogP contribution >= 0.6 is 0 Å². The molecule has 6 nitrogen and oxygen atoms in total. The van der Waals surface area contributed by atoms with Crippen LogP contribution in [0.25, 0.3) is 110 Å². The van der Waals surface area contributed by atoms with Gasteiger partial charge in [-0.3, -0.25) is 0 Å². The molecule has 0 saturated heterocycles. The van der Waals surface area contributed by atoms with E-state index in [1.165, 1.54) is 0 Å². The molecule has 0 radical (unpaired) electrons. The summed E-state index contributed by atoms with van der Waals surface area (Å²) >= 11 is 0. The van der Waals surface area contributed by atoms with Crippen LogP contribution in [0.5, 0.6) is 0 Å². The van der Waals surface area contributed by atoms with Crippen LogP contribution in [0.1, 0.15) is 11.1 Å². The predicted molar refractivity (Wildman–Crippen MR) is 257 cm³/mol. The average Bonchev–Trinajstić information content (AvgIpc) is 4.03. The van der Waals surface area contributed by atoms with Crippen LogP contribution in [0.3, 0.4) is 0 Å². The summed E-state index contributed by atoms with van der Waals surface area (Å²) < 4.78 is 8.99. The zero-order valence-electron chi connectivity index (χ0n) is 33.4. The van der Waals surface area contributed by atoms with Gasteiger partial charge in [0.05, 0.1) is 66.6 Å². The summed E-state index contributed by atoms with van der Waals surface area (Å²) in [6, 6.07) is 62.0. The highest BCUT2D eigenvalue weighted by molar-refractivity contribution is 6.21. The summed E-state index contributed by atoms with van der Waals surface area (Å²) in [7, 11) is 0. The topological polar surface area (TPSA) is 67.3 Å². The molecule has 4 aromatic heterocycles. The van der Waals surface area contributed by atoms with Crippen LogP contribution in [0.15, 0.2) is 195 Å². The first-order valence-electron chi connectivity index (χ1n) is 20.5. The van der Waals surface area contributed by atoms with Crippen molar-refractivity contribution in [3.8, 4) is 29.2 Å². The fourth-order valence-electron chi connectivity index (χ4n) is 9.99. The summed E-state index contributed by atoms with van der Waals surface area (Å²) in [5.41, 5.74) is 12.4. The van der Waals surface area contributed by atoms with E-state index in [0.29, 0.717) is 22.5 Å². The van der Waals surface area contributed by atoms with Gasteiger partial charge in [0.25, 0.3) is 0 Å². The highest BCUT2D eigenvalue weighted by Gasteiger charge is 2.24. The Morgan fingerprint density at radius 2 is 0.806 bits per heavy atom. The van der Waals surface area contributed by atoms with Crippen molar-refractivity contribution >= 4 is 92.9 Å². The maximum atomic E-state index is 10.9. The number of nitriles is 2. The van der Waals surface area contributed by atoms with Gasteiger partial charge in [0.1, 0.15) is 12.1 Å². The third-order valence-corrected chi connectivity index (χ3v) is 12.5. The molecule has 0 spiro atoms. The number of para-hydroxylation sites is 5. The normalized spacial score (nSPS) is 12.1. The fourth-order valence-corrected chi connectivity index (χ4v) is 9.99. The first-order chi connectivity index (χ1) is 30.6. The Morgan fingerprint density at radius 1 is 0.403 bits per heavy atom. The second-order valence-corrected chi connectivity index (χ2v) is 15.7. The molecule has 0 aliphatic carbocycles. The average molecular weight is 791 g/mol. The van der Waals surface area contributed by atoms with Gasteiger partial charge in [0.15, 0.2) is 0 Å². The minimum Gasteiger partial charge on any atom is -0.309 e. The molecule has 288 valence electrons. The van der Waals surface area contributed by atoms with Crippen LogP contribution in [0.2, 0.25) is 0 Å². The Morgan fingerprint density at radius 3 is 1.29 bits per heavy atom. The molecule has 0 amide bonds. The molecule has 0 N–H and O–H groups in total. The molecule has 0 unspecified atom stereocenters. The lowest BCUT2D eigenvalue weighted by Crippen LogP contribution is -2.04. The van der Waals surface area contributed by atoms with E-state index >= 15 is 0 Å². The highest BCUT2D eigenvalue weighted by atomic mass is 15.0. The summed E-state index contributed by atoms with van der Waals surface area (Å²) in [4.78, 5) is 0. The van der Waals surface area contributed by atoms with E-state index in [4.69, 9.17) is 0 Å². The molecule has 0 aliphatic rings. The van der Waals surface area contributed by atoms with Crippen LogP contribution in [0, 0.1) is 22.7 Å². The quantitative estimate of drug-likeness (QED) is 0.157. The fraction of sp³-hybridized carbons (Fsp3) is 0. The minimum atomic E-state index is 0.410. The van der Waals surface area contributed by atoms with E-state index in [2.05, 4.69) is 177 Å². The van der Waals surface area contributed by atoms with Gasteiger partial charge in [-0.15, -0.1) is 0 Å². The Bertz CT molecular complexity index is 4040. The number of rotatable bonds is 6. The van der Waals surface area contributed by atoms with Gasteiger partial charge < -0.3 is 18.3 Å². The monoisotopic (exact) mass is 790 g/mol. The van der Waals surface area contributed by atoms with E-state index in [9.17, 15) is 10.5 Å². The van der Waals surface area contributed by atoms with Crippen molar-refractivity contribution in [1.29, 1.82) is 10.5 Å². The number of fused-ring (bicyclic) bond motifs is 12.